The highest BCUT2D eigenvalue weighted by Crippen LogP contribution is 2.15. The highest BCUT2D eigenvalue weighted by atomic mass is 35.5. The van der Waals surface area contributed by atoms with Crippen LogP contribution in [0.25, 0.3) is 10.9 Å². The van der Waals surface area contributed by atoms with Crippen LogP contribution in [0.2, 0.25) is 0 Å². The smallest absolute Gasteiger partial charge is 0.305 e. The summed E-state index contributed by atoms with van der Waals surface area (Å²) in [7, 11) is -5.72. The Balaban J connectivity index is 1.79. The van der Waals surface area contributed by atoms with Crippen LogP contribution < -0.4 is 15.4 Å². The van der Waals surface area contributed by atoms with Crippen molar-refractivity contribution in [1.82, 2.24) is 20.3 Å². The molecular formula is C27H29ClN4O7S2. The lowest BCUT2D eigenvalue weighted by Crippen LogP contribution is -2.50. The predicted octanol–water partition coefficient (Wildman–Crippen LogP) is 1.97. The van der Waals surface area contributed by atoms with Crippen molar-refractivity contribution in [1.29, 1.82) is 0 Å². The van der Waals surface area contributed by atoms with Crippen LogP contribution in [0.5, 0.6) is 0 Å². The van der Waals surface area contributed by atoms with Crippen molar-refractivity contribution in [3.63, 3.8) is 0 Å². The summed E-state index contributed by atoms with van der Waals surface area (Å²) in [5.41, 5.74) is 1.95. The molecule has 0 aliphatic rings. The number of pyridine rings is 1. The molecule has 4 N–H and O–H groups in total. The second-order valence-corrected chi connectivity index (χ2v) is 12.8. The maximum Gasteiger partial charge on any atom is 0.305 e. The van der Waals surface area contributed by atoms with Crippen molar-refractivity contribution in [2.75, 3.05) is 12.8 Å². The van der Waals surface area contributed by atoms with Gasteiger partial charge in [-0.1, -0.05) is 53.6 Å². The van der Waals surface area contributed by atoms with Gasteiger partial charge in [0.2, 0.25) is 21.8 Å². The molecule has 0 bridgehead atoms. The van der Waals surface area contributed by atoms with E-state index in [1.165, 1.54) is 18.4 Å². The van der Waals surface area contributed by atoms with Gasteiger partial charge in [-0.3, -0.25) is 23.6 Å². The zero-order valence-electron chi connectivity index (χ0n) is 22.2. The Morgan fingerprint density at radius 2 is 1.76 bits per heavy atom. The lowest BCUT2D eigenvalue weighted by atomic mass is 10.1. The molecule has 2 amide bonds. The van der Waals surface area contributed by atoms with Gasteiger partial charge in [0.25, 0.3) is 0 Å². The summed E-state index contributed by atoms with van der Waals surface area (Å²) >= 11 is 5.86. The van der Waals surface area contributed by atoms with Gasteiger partial charge in [-0.2, -0.15) is 4.72 Å². The van der Waals surface area contributed by atoms with Gasteiger partial charge >= 0.3 is 5.97 Å². The van der Waals surface area contributed by atoms with E-state index >= 15 is 0 Å². The monoisotopic (exact) mass is 620 g/mol. The van der Waals surface area contributed by atoms with Crippen LogP contribution in [0, 0.1) is 6.92 Å². The molecule has 1 aromatic heterocycles. The number of aromatic nitrogens is 1. The summed E-state index contributed by atoms with van der Waals surface area (Å²) in [5, 5.41) is 14.8. The third-order valence-electron chi connectivity index (χ3n) is 5.79. The van der Waals surface area contributed by atoms with Gasteiger partial charge < -0.3 is 15.7 Å². The first-order valence-corrected chi connectivity index (χ1v) is 15.7. The molecule has 218 valence electrons. The third-order valence-corrected chi connectivity index (χ3v) is 8.74. The van der Waals surface area contributed by atoms with Gasteiger partial charge in [0.05, 0.1) is 40.2 Å². The number of carboxylic acid groups (broad SMARTS) is 1. The Kier molecular flexibility index (Phi) is 11.1. The molecule has 3 atom stereocenters. The van der Waals surface area contributed by atoms with E-state index in [-0.39, 0.29) is 15.7 Å². The minimum atomic E-state index is -4.13. The van der Waals surface area contributed by atoms with Crippen molar-refractivity contribution in [2.45, 2.75) is 36.7 Å². The summed E-state index contributed by atoms with van der Waals surface area (Å²) in [6, 6.07) is 14.5. The summed E-state index contributed by atoms with van der Waals surface area (Å²) in [6.07, 6.45) is 1.78. The molecule has 3 aromatic rings. The number of carboxylic acids is 1. The first-order chi connectivity index (χ1) is 19.3. The van der Waals surface area contributed by atoms with E-state index in [0.29, 0.717) is 11.2 Å². The predicted molar refractivity (Wildman–Crippen MR) is 156 cm³/mol. The minimum Gasteiger partial charge on any atom is -0.481 e. The highest BCUT2D eigenvalue weighted by Gasteiger charge is 2.27. The van der Waals surface area contributed by atoms with Crippen molar-refractivity contribution in [3.05, 3.63) is 82.4 Å². The molecule has 0 saturated carbocycles. The van der Waals surface area contributed by atoms with Crippen LogP contribution in [0.15, 0.2) is 76.0 Å². The molecular weight excluding hydrogens is 592 g/mol. The minimum absolute atomic E-state index is 0.0430. The number of hydrogen-bond donors (Lipinski definition) is 4. The Bertz CT molecular complexity index is 1590. The molecule has 14 heteroatoms. The van der Waals surface area contributed by atoms with Gasteiger partial charge in [-0.05, 0) is 37.3 Å². The molecule has 3 unspecified atom stereocenters. The fraction of sp³-hybridized carbons (Fsp3) is 0.259. The molecule has 3 rings (SSSR count). The number of para-hydroxylation sites is 1. The summed E-state index contributed by atoms with van der Waals surface area (Å²) in [5.74, 6) is -2.81. The lowest BCUT2D eigenvalue weighted by Gasteiger charge is -2.19. The Morgan fingerprint density at radius 1 is 1.07 bits per heavy atom. The maximum atomic E-state index is 13.2. The number of aryl methyl sites for hydroxylation is 1. The number of benzene rings is 2. The van der Waals surface area contributed by atoms with Crippen LogP contribution in [-0.4, -0.2) is 65.4 Å². The average Bonchev–Trinajstić information content (AvgIpc) is 2.91. The fourth-order valence-electron chi connectivity index (χ4n) is 3.73. The van der Waals surface area contributed by atoms with Crippen LogP contribution in [-0.2, 0) is 41.6 Å². The fourth-order valence-corrected chi connectivity index (χ4v) is 5.44. The number of hydrogen-bond acceptors (Lipinski definition) is 7. The lowest BCUT2D eigenvalue weighted by molar-refractivity contribution is -0.137. The normalized spacial score (nSPS) is 14.2. The second-order valence-electron chi connectivity index (χ2n) is 9.10. The number of amides is 2. The van der Waals surface area contributed by atoms with Gasteiger partial charge in [-0.25, -0.2) is 8.42 Å². The van der Waals surface area contributed by atoms with E-state index < -0.39 is 63.7 Å². The quantitative estimate of drug-likeness (QED) is 0.225. The summed E-state index contributed by atoms with van der Waals surface area (Å²) < 4.78 is 40.0. The van der Waals surface area contributed by atoms with E-state index in [0.717, 1.165) is 17.0 Å². The standard InChI is InChI=1S/C27H29ClN4O7S2/c1-17-7-11-21(12-8-17)41(38,39)32-23(13-19-10-9-18-5-3-4-6-22(18)30-19)27(36)29-16-25(33)31-20(15-26(34)35)14-24(28)40(2)37/h3-12,14,20,23,32H,13,15-16H2,1-2H3,(H,29,36)(H,31,33)(H,34,35)/b24-14+. The maximum absolute atomic E-state index is 13.2. The number of aliphatic carboxylic acids is 1. The van der Waals surface area contributed by atoms with Crippen LogP contribution >= 0.6 is 11.6 Å². The number of sulfonamides is 1. The number of fused-ring (bicyclic) bond motifs is 1. The van der Waals surface area contributed by atoms with Crippen LogP contribution in [0.3, 0.4) is 0 Å². The largest absolute Gasteiger partial charge is 0.481 e. The molecule has 2 aromatic carbocycles. The zero-order valence-corrected chi connectivity index (χ0v) is 24.6. The molecule has 0 aliphatic heterocycles. The van der Waals surface area contributed by atoms with Crippen molar-refractivity contribution < 1.29 is 32.1 Å². The van der Waals surface area contributed by atoms with Gasteiger partial charge in [-0.15, -0.1) is 0 Å². The van der Waals surface area contributed by atoms with Crippen molar-refractivity contribution in [3.8, 4) is 0 Å². The molecule has 0 aliphatic carbocycles. The average molecular weight is 621 g/mol. The SMILES string of the molecule is Cc1ccc(S(=O)(=O)NC(Cc2ccc3ccccc3n2)C(=O)NCC(=O)NC(/C=C(\Cl)S(C)=O)CC(=O)O)cc1. The first kappa shape index (κ1) is 31.9. The molecule has 0 saturated heterocycles. The van der Waals surface area contributed by atoms with Gasteiger partial charge in [0.1, 0.15) is 10.4 Å². The Morgan fingerprint density at radius 3 is 2.41 bits per heavy atom. The number of carbonyl (C=O) groups is 3. The van der Waals surface area contributed by atoms with Crippen LogP contribution in [0.4, 0.5) is 0 Å². The van der Waals surface area contributed by atoms with E-state index in [4.69, 9.17) is 16.7 Å². The second kappa shape index (κ2) is 14.3. The zero-order chi connectivity index (χ0) is 30.2. The Hall–Kier alpha value is -3.65. The summed E-state index contributed by atoms with van der Waals surface area (Å²) in [6.45, 7) is 1.21. The van der Waals surface area contributed by atoms with Gasteiger partial charge in [0.15, 0.2) is 0 Å². The topological polar surface area (TPSA) is 172 Å². The number of halogens is 1. The van der Waals surface area contributed by atoms with E-state index in [1.807, 2.05) is 19.1 Å². The third kappa shape index (κ3) is 9.74. The number of nitrogens with zero attached hydrogens (tertiary/aromatic N) is 1. The molecule has 1 heterocycles. The molecule has 41 heavy (non-hydrogen) atoms. The number of nitrogens with one attached hydrogen (secondary N) is 3. The molecule has 0 radical (unpaired) electrons. The number of carbonyl (C=O) groups excluding carboxylic acids is 2. The molecule has 0 fully saturated rings. The molecule has 0 spiro atoms. The van der Waals surface area contributed by atoms with Crippen molar-refractivity contribution in [2.24, 2.45) is 0 Å². The Labute approximate surface area is 244 Å². The summed E-state index contributed by atoms with van der Waals surface area (Å²) in [4.78, 5) is 41.4. The number of rotatable bonds is 13. The first-order valence-electron chi connectivity index (χ1n) is 12.3. The van der Waals surface area contributed by atoms with Gasteiger partial charge in [0, 0.05) is 23.8 Å². The highest BCUT2D eigenvalue weighted by molar-refractivity contribution is 7.90. The van der Waals surface area contributed by atoms with Crippen molar-refractivity contribution >= 4 is 61.1 Å². The van der Waals surface area contributed by atoms with E-state index in [2.05, 4.69) is 20.3 Å². The molecule has 11 nitrogen and oxygen atoms in total. The van der Waals surface area contributed by atoms with E-state index in [1.54, 1.807) is 36.4 Å². The van der Waals surface area contributed by atoms with E-state index in [9.17, 15) is 27.0 Å². The van der Waals surface area contributed by atoms with Crippen LogP contribution in [0.1, 0.15) is 17.7 Å².